The predicted octanol–water partition coefficient (Wildman–Crippen LogP) is 7.38. The lowest BCUT2D eigenvalue weighted by atomic mass is 9.84. The third-order valence-corrected chi connectivity index (χ3v) is 7.98. The van der Waals surface area contributed by atoms with Gasteiger partial charge < -0.3 is 14.4 Å². The monoisotopic (exact) mass is 522 g/mol. The molecule has 1 saturated carbocycles. The van der Waals surface area contributed by atoms with Gasteiger partial charge in [0.1, 0.15) is 17.3 Å². The lowest BCUT2D eigenvalue weighted by molar-refractivity contribution is 0.166. The van der Waals surface area contributed by atoms with Crippen molar-refractivity contribution in [1.29, 1.82) is 0 Å². The summed E-state index contributed by atoms with van der Waals surface area (Å²) in [5.41, 5.74) is 6.86. The van der Waals surface area contributed by atoms with Gasteiger partial charge in [-0.15, -0.1) is 0 Å². The molecule has 6 nitrogen and oxygen atoms in total. The summed E-state index contributed by atoms with van der Waals surface area (Å²) in [6, 6.07) is 19.0. The van der Waals surface area contributed by atoms with Crippen LogP contribution < -0.4 is 0 Å². The van der Waals surface area contributed by atoms with Crippen molar-refractivity contribution in [3.8, 4) is 5.69 Å². The molecule has 1 unspecified atom stereocenters. The minimum absolute atomic E-state index is 0.175. The first-order chi connectivity index (χ1) is 19.0. The standard InChI is InChI=1S/C33H38N4O2/c1-23-18-19-29(26(4)39-33(24(2)25(3)38-5)28-12-7-6-8-13-28)22-36(23)32(27-14-11-15-27)30-16-9-10-17-31(30)37-34-20-21-35-37/h6-10,12-13,16-17,20-21,23,29H,3-4,11,14-15,18-19,22H2,1-2,5H3/b33-24+/t23-,29?/m1/s1. The van der Waals surface area contributed by atoms with E-state index in [2.05, 4.69) is 59.4 Å². The second-order valence-corrected chi connectivity index (χ2v) is 10.4. The number of hydrogen-bond donors (Lipinski definition) is 0. The summed E-state index contributed by atoms with van der Waals surface area (Å²) in [6.45, 7) is 13.7. The van der Waals surface area contributed by atoms with Crippen LogP contribution in [-0.2, 0) is 9.47 Å². The van der Waals surface area contributed by atoms with Gasteiger partial charge in [0.15, 0.2) is 0 Å². The first-order valence-corrected chi connectivity index (χ1v) is 13.8. The quantitative estimate of drug-likeness (QED) is 0.217. The highest BCUT2D eigenvalue weighted by atomic mass is 16.5. The average Bonchev–Trinajstić information content (AvgIpc) is 3.48. The highest BCUT2D eigenvalue weighted by molar-refractivity contribution is 5.74. The number of piperidine rings is 1. The molecular weight excluding hydrogens is 484 g/mol. The average molecular weight is 523 g/mol. The molecule has 0 N–H and O–H groups in total. The second kappa shape index (κ2) is 11.8. The molecule has 1 aliphatic carbocycles. The van der Waals surface area contributed by atoms with Crippen molar-refractivity contribution in [3.05, 3.63) is 114 Å². The van der Waals surface area contributed by atoms with Gasteiger partial charge in [-0.25, -0.2) is 0 Å². The molecule has 0 bridgehead atoms. The van der Waals surface area contributed by atoms with Gasteiger partial charge in [0, 0.05) is 40.9 Å². The van der Waals surface area contributed by atoms with Gasteiger partial charge in [-0.1, -0.05) is 61.7 Å². The minimum atomic E-state index is 0.175. The number of ether oxygens (including phenoxy) is 2. The molecular formula is C33H38N4O2. The number of nitrogens with zero attached hydrogens (tertiary/aromatic N) is 4. The van der Waals surface area contributed by atoms with E-state index >= 15 is 0 Å². The second-order valence-electron chi connectivity index (χ2n) is 10.4. The molecule has 1 aromatic heterocycles. The summed E-state index contributed by atoms with van der Waals surface area (Å²) in [4.78, 5) is 4.30. The van der Waals surface area contributed by atoms with Crippen LogP contribution in [0.3, 0.4) is 0 Å². The SMILES string of the molecule is C=C(OC)/C(C)=C(/OC(=C)C1CC[C@@H](C)N(C(=C2CCC2)c2ccccc2-n2nccn2)C1)c1ccccc1. The number of para-hydroxylation sites is 1. The fourth-order valence-electron chi connectivity index (χ4n) is 5.44. The molecule has 6 heteroatoms. The van der Waals surface area contributed by atoms with Crippen molar-refractivity contribution in [2.24, 2.45) is 5.92 Å². The van der Waals surface area contributed by atoms with E-state index in [-0.39, 0.29) is 5.92 Å². The number of hydrogen-bond acceptors (Lipinski definition) is 5. The number of allylic oxidation sites excluding steroid dienone is 2. The highest BCUT2D eigenvalue weighted by Gasteiger charge is 2.33. The molecule has 0 radical (unpaired) electrons. The van der Waals surface area contributed by atoms with E-state index in [0.29, 0.717) is 11.8 Å². The molecule has 2 atom stereocenters. The number of likely N-dealkylation sites (tertiary alicyclic amines) is 1. The van der Waals surface area contributed by atoms with Crippen LogP contribution in [0.15, 0.2) is 103 Å². The zero-order chi connectivity index (χ0) is 27.4. The first kappa shape index (κ1) is 26.5. The topological polar surface area (TPSA) is 52.4 Å². The Morgan fingerprint density at radius 2 is 1.64 bits per heavy atom. The smallest absolute Gasteiger partial charge is 0.140 e. The van der Waals surface area contributed by atoms with Crippen LogP contribution >= 0.6 is 0 Å². The molecule has 0 amide bonds. The lowest BCUT2D eigenvalue weighted by Crippen LogP contribution is -2.42. The molecule has 202 valence electrons. The Morgan fingerprint density at radius 3 is 2.31 bits per heavy atom. The molecule has 3 aromatic rings. The summed E-state index contributed by atoms with van der Waals surface area (Å²) >= 11 is 0. The van der Waals surface area contributed by atoms with Crippen LogP contribution in [0, 0.1) is 5.92 Å². The van der Waals surface area contributed by atoms with Gasteiger partial charge in [0.25, 0.3) is 0 Å². The Hall–Kier alpha value is -4.06. The van der Waals surface area contributed by atoms with E-state index in [4.69, 9.17) is 9.47 Å². The van der Waals surface area contributed by atoms with Crippen molar-refractivity contribution in [2.45, 2.75) is 52.0 Å². The zero-order valence-corrected chi connectivity index (χ0v) is 23.3. The van der Waals surface area contributed by atoms with E-state index in [1.165, 1.54) is 23.3 Å². The van der Waals surface area contributed by atoms with Gasteiger partial charge in [-0.3, -0.25) is 0 Å². The van der Waals surface area contributed by atoms with E-state index in [9.17, 15) is 0 Å². The maximum atomic E-state index is 6.59. The Kier molecular flexibility index (Phi) is 8.01. The van der Waals surface area contributed by atoms with Crippen molar-refractivity contribution < 1.29 is 9.47 Å². The van der Waals surface area contributed by atoms with Crippen LogP contribution in [0.5, 0.6) is 0 Å². The van der Waals surface area contributed by atoms with Gasteiger partial charge in [0.05, 0.1) is 25.2 Å². The van der Waals surface area contributed by atoms with Crippen LogP contribution in [0.2, 0.25) is 0 Å². The fourth-order valence-corrected chi connectivity index (χ4v) is 5.44. The number of rotatable bonds is 9. The van der Waals surface area contributed by atoms with E-state index < -0.39 is 0 Å². The molecule has 2 heterocycles. The van der Waals surface area contributed by atoms with Gasteiger partial charge in [-0.2, -0.15) is 15.0 Å². The summed E-state index contributed by atoms with van der Waals surface area (Å²) < 4.78 is 12.0. The van der Waals surface area contributed by atoms with E-state index in [1.54, 1.807) is 24.3 Å². The molecule has 2 aliphatic rings. The first-order valence-electron chi connectivity index (χ1n) is 13.8. The highest BCUT2D eigenvalue weighted by Crippen LogP contribution is 2.42. The number of aromatic nitrogens is 3. The maximum absolute atomic E-state index is 6.59. The molecule has 1 aliphatic heterocycles. The Balaban J connectivity index is 1.46. The van der Waals surface area contributed by atoms with E-state index in [1.807, 2.05) is 37.3 Å². The predicted molar refractivity (Wildman–Crippen MR) is 156 cm³/mol. The van der Waals surface area contributed by atoms with Crippen LogP contribution in [0.1, 0.15) is 57.1 Å². The van der Waals surface area contributed by atoms with E-state index in [0.717, 1.165) is 60.6 Å². The Morgan fingerprint density at radius 1 is 0.949 bits per heavy atom. The summed E-state index contributed by atoms with van der Waals surface area (Å²) in [7, 11) is 1.63. The van der Waals surface area contributed by atoms with Gasteiger partial charge >= 0.3 is 0 Å². The Labute approximate surface area is 231 Å². The normalized spacial score (nSPS) is 19.6. The van der Waals surface area contributed by atoms with Crippen LogP contribution in [-0.4, -0.2) is 39.6 Å². The largest absolute Gasteiger partial charge is 0.497 e. The third-order valence-electron chi connectivity index (χ3n) is 7.98. The minimum Gasteiger partial charge on any atom is -0.497 e. The number of methoxy groups -OCH3 is 1. The van der Waals surface area contributed by atoms with Crippen LogP contribution in [0.4, 0.5) is 0 Å². The summed E-state index contributed by atoms with van der Waals surface area (Å²) in [5, 5.41) is 8.89. The molecule has 0 spiro atoms. The van der Waals surface area contributed by atoms with Gasteiger partial charge in [0.2, 0.25) is 0 Å². The fraction of sp³-hybridized carbons (Fsp3) is 0.333. The molecule has 5 rings (SSSR count). The van der Waals surface area contributed by atoms with Crippen molar-refractivity contribution in [2.75, 3.05) is 13.7 Å². The Bertz CT molecular complexity index is 1380. The number of benzene rings is 2. The molecule has 2 fully saturated rings. The van der Waals surface area contributed by atoms with Crippen molar-refractivity contribution in [1.82, 2.24) is 19.9 Å². The lowest BCUT2D eigenvalue weighted by Gasteiger charge is -2.44. The zero-order valence-electron chi connectivity index (χ0n) is 23.3. The molecule has 2 aromatic carbocycles. The van der Waals surface area contributed by atoms with Gasteiger partial charge in [-0.05, 0) is 57.6 Å². The molecule has 1 saturated heterocycles. The summed E-state index contributed by atoms with van der Waals surface area (Å²) in [5.74, 6) is 2.27. The molecule has 39 heavy (non-hydrogen) atoms. The summed E-state index contributed by atoms with van der Waals surface area (Å²) in [6.07, 6.45) is 9.02. The van der Waals surface area contributed by atoms with Crippen LogP contribution in [0.25, 0.3) is 17.1 Å². The van der Waals surface area contributed by atoms with Crippen molar-refractivity contribution >= 4 is 11.5 Å². The van der Waals surface area contributed by atoms with Crippen molar-refractivity contribution in [3.63, 3.8) is 0 Å². The maximum Gasteiger partial charge on any atom is 0.140 e. The third kappa shape index (κ3) is 5.56.